The van der Waals surface area contributed by atoms with Gasteiger partial charge in [0.2, 0.25) is 0 Å². The third-order valence-electron chi connectivity index (χ3n) is 2.11. The van der Waals surface area contributed by atoms with Crippen LogP contribution in [0.15, 0.2) is 41.2 Å². The lowest BCUT2D eigenvalue weighted by Crippen LogP contribution is -2.12. The summed E-state index contributed by atoms with van der Waals surface area (Å²) in [7, 11) is -3.61. The number of nitrogens with two attached hydrogens (primary N) is 1. The molecule has 0 saturated heterocycles. The molecule has 3 N–H and O–H groups in total. The van der Waals surface area contributed by atoms with Gasteiger partial charge < -0.3 is 5.73 Å². The summed E-state index contributed by atoms with van der Waals surface area (Å²) in [4.78, 5) is 0. The molecule has 0 saturated carbocycles. The average Bonchev–Trinajstić information content (AvgIpc) is 2.71. The SMILES string of the molecule is Nc1cc(Br)c(NS(=O)(=O)c2ccc(Br)s2)c(Br)c1. The van der Waals surface area contributed by atoms with E-state index < -0.39 is 10.0 Å². The Bertz CT molecular complexity index is 705. The first-order chi connectivity index (χ1) is 8.79. The van der Waals surface area contributed by atoms with Crippen molar-refractivity contribution < 1.29 is 8.42 Å². The molecule has 0 aliphatic rings. The highest BCUT2D eigenvalue weighted by Gasteiger charge is 2.19. The van der Waals surface area contributed by atoms with Crippen molar-refractivity contribution in [1.29, 1.82) is 0 Å². The zero-order valence-corrected chi connectivity index (χ0v) is 15.5. The number of anilines is 2. The zero-order chi connectivity index (χ0) is 14.2. The first-order valence-corrected chi connectivity index (χ1v) is 9.50. The van der Waals surface area contributed by atoms with Crippen LogP contribution in [0.4, 0.5) is 11.4 Å². The summed E-state index contributed by atoms with van der Waals surface area (Å²) in [5, 5.41) is 0. The number of hydrogen-bond donors (Lipinski definition) is 2. The Labute approximate surface area is 139 Å². The summed E-state index contributed by atoms with van der Waals surface area (Å²) in [6.07, 6.45) is 0. The molecular weight excluding hydrogens is 484 g/mol. The minimum Gasteiger partial charge on any atom is -0.399 e. The molecule has 0 unspecified atom stereocenters. The fourth-order valence-corrected chi connectivity index (χ4v) is 6.11. The molecule has 19 heavy (non-hydrogen) atoms. The van der Waals surface area contributed by atoms with Crippen molar-refractivity contribution in [3.8, 4) is 0 Å². The smallest absolute Gasteiger partial charge is 0.271 e. The van der Waals surface area contributed by atoms with Crippen molar-refractivity contribution in [2.45, 2.75) is 4.21 Å². The number of rotatable bonds is 3. The molecule has 0 aliphatic carbocycles. The van der Waals surface area contributed by atoms with E-state index in [1.54, 1.807) is 18.2 Å². The molecule has 0 bridgehead atoms. The summed E-state index contributed by atoms with van der Waals surface area (Å²) < 4.78 is 29.1. The fraction of sp³-hybridized carbons (Fsp3) is 0. The quantitative estimate of drug-likeness (QED) is 0.626. The summed E-state index contributed by atoms with van der Waals surface area (Å²) >= 11 is 11.0. The van der Waals surface area contributed by atoms with Gasteiger partial charge >= 0.3 is 0 Å². The Balaban J connectivity index is 2.41. The second kappa shape index (κ2) is 5.72. The standard InChI is InChI=1S/C10H7Br3N2O2S2/c11-6-3-5(14)4-7(12)10(6)15-19(16,17)9-2-1-8(13)18-9/h1-4,15H,14H2. The van der Waals surface area contributed by atoms with E-state index in [1.165, 1.54) is 6.07 Å². The van der Waals surface area contributed by atoms with Gasteiger partial charge in [-0.2, -0.15) is 0 Å². The number of thiophene rings is 1. The normalized spacial score (nSPS) is 11.5. The van der Waals surface area contributed by atoms with Gasteiger partial charge in [-0.15, -0.1) is 11.3 Å². The molecule has 0 radical (unpaired) electrons. The van der Waals surface area contributed by atoms with Gasteiger partial charge in [0.15, 0.2) is 0 Å². The molecule has 1 aromatic carbocycles. The van der Waals surface area contributed by atoms with Gasteiger partial charge in [0.05, 0.1) is 9.47 Å². The predicted molar refractivity (Wildman–Crippen MR) is 89.1 cm³/mol. The lowest BCUT2D eigenvalue weighted by atomic mass is 10.3. The van der Waals surface area contributed by atoms with Gasteiger partial charge in [0, 0.05) is 14.6 Å². The first-order valence-electron chi connectivity index (χ1n) is 4.82. The van der Waals surface area contributed by atoms with Gasteiger partial charge in [0.25, 0.3) is 10.0 Å². The van der Waals surface area contributed by atoms with Crippen LogP contribution in [0.5, 0.6) is 0 Å². The van der Waals surface area contributed by atoms with E-state index in [4.69, 9.17) is 5.73 Å². The van der Waals surface area contributed by atoms with Gasteiger partial charge in [-0.05, 0) is 72.1 Å². The maximum Gasteiger partial charge on any atom is 0.271 e. The Morgan fingerprint density at radius 2 is 1.68 bits per heavy atom. The molecule has 0 aliphatic heterocycles. The van der Waals surface area contributed by atoms with Gasteiger partial charge in [0.1, 0.15) is 4.21 Å². The molecule has 2 aromatic rings. The van der Waals surface area contributed by atoms with E-state index in [9.17, 15) is 8.42 Å². The van der Waals surface area contributed by atoms with Crippen LogP contribution in [-0.2, 0) is 10.0 Å². The lowest BCUT2D eigenvalue weighted by molar-refractivity contribution is 0.603. The molecule has 1 heterocycles. The van der Waals surface area contributed by atoms with Crippen molar-refractivity contribution in [3.05, 3.63) is 37.0 Å². The summed E-state index contributed by atoms with van der Waals surface area (Å²) in [6.45, 7) is 0. The lowest BCUT2D eigenvalue weighted by Gasteiger charge is -2.11. The van der Waals surface area contributed by atoms with Crippen LogP contribution >= 0.6 is 59.1 Å². The third kappa shape index (κ3) is 3.52. The Hall–Kier alpha value is -0.0900. The van der Waals surface area contributed by atoms with Crippen molar-refractivity contribution >= 4 is 80.5 Å². The fourth-order valence-electron chi connectivity index (χ4n) is 1.32. The van der Waals surface area contributed by atoms with Crippen molar-refractivity contribution in [2.75, 3.05) is 10.5 Å². The number of benzene rings is 1. The van der Waals surface area contributed by atoms with E-state index in [0.29, 0.717) is 20.3 Å². The Kier molecular flexibility index (Phi) is 4.61. The molecule has 9 heteroatoms. The Morgan fingerprint density at radius 3 is 2.16 bits per heavy atom. The maximum atomic E-state index is 12.2. The molecule has 0 fully saturated rings. The molecular formula is C10H7Br3N2O2S2. The molecule has 1 aromatic heterocycles. The molecule has 0 spiro atoms. The number of halogens is 3. The van der Waals surface area contributed by atoms with E-state index in [1.807, 2.05) is 0 Å². The van der Waals surface area contributed by atoms with Crippen molar-refractivity contribution in [2.24, 2.45) is 0 Å². The van der Waals surface area contributed by atoms with E-state index in [0.717, 1.165) is 15.1 Å². The van der Waals surface area contributed by atoms with E-state index >= 15 is 0 Å². The van der Waals surface area contributed by atoms with Crippen molar-refractivity contribution in [1.82, 2.24) is 0 Å². The van der Waals surface area contributed by atoms with Crippen LogP contribution in [0.25, 0.3) is 0 Å². The first kappa shape index (κ1) is 15.3. The molecule has 2 rings (SSSR count). The molecule has 0 atom stereocenters. The summed E-state index contributed by atoms with van der Waals surface area (Å²) in [5.41, 5.74) is 6.61. The second-order valence-corrected chi connectivity index (χ2v) is 9.60. The molecule has 102 valence electrons. The van der Waals surface area contributed by atoms with Crippen LogP contribution in [0.1, 0.15) is 0 Å². The predicted octanol–water partition coefficient (Wildman–Crippen LogP) is 4.42. The number of hydrogen-bond acceptors (Lipinski definition) is 4. The van der Waals surface area contributed by atoms with Gasteiger partial charge in [-0.25, -0.2) is 8.42 Å². The Morgan fingerprint density at radius 1 is 1.11 bits per heavy atom. The average molecular weight is 491 g/mol. The number of nitrogens with one attached hydrogen (secondary N) is 1. The summed E-state index contributed by atoms with van der Waals surface area (Å²) in [6, 6.07) is 6.49. The van der Waals surface area contributed by atoms with Crippen LogP contribution in [-0.4, -0.2) is 8.42 Å². The monoisotopic (exact) mass is 488 g/mol. The highest BCUT2D eigenvalue weighted by Crippen LogP contribution is 2.36. The third-order valence-corrected chi connectivity index (χ3v) is 6.83. The van der Waals surface area contributed by atoms with Crippen LogP contribution < -0.4 is 10.5 Å². The topological polar surface area (TPSA) is 72.2 Å². The van der Waals surface area contributed by atoms with Gasteiger partial charge in [-0.1, -0.05) is 0 Å². The van der Waals surface area contributed by atoms with Crippen LogP contribution in [0.3, 0.4) is 0 Å². The van der Waals surface area contributed by atoms with Crippen LogP contribution in [0, 0.1) is 0 Å². The number of sulfonamides is 1. The zero-order valence-electron chi connectivity index (χ0n) is 9.15. The molecule has 4 nitrogen and oxygen atoms in total. The minimum absolute atomic E-state index is 0.231. The maximum absolute atomic E-state index is 12.2. The second-order valence-electron chi connectivity index (χ2n) is 3.52. The van der Waals surface area contributed by atoms with E-state index in [2.05, 4.69) is 52.5 Å². The van der Waals surface area contributed by atoms with Crippen molar-refractivity contribution in [3.63, 3.8) is 0 Å². The van der Waals surface area contributed by atoms with E-state index in [-0.39, 0.29) is 4.21 Å². The highest BCUT2D eigenvalue weighted by molar-refractivity contribution is 9.11. The minimum atomic E-state index is -3.61. The van der Waals surface area contributed by atoms with Crippen LogP contribution in [0.2, 0.25) is 0 Å². The number of nitrogen functional groups attached to an aromatic ring is 1. The largest absolute Gasteiger partial charge is 0.399 e. The summed E-state index contributed by atoms with van der Waals surface area (Å²) in [5.74, 6) is 0. The van der Waals surface area contributed by atoms with Gasteiger partial charge in [-0.3, -0.25) is 4.72 Å². The molecule has 0 amide bonds. The highest BCUT2D eigenvalue weighted by atomic mass is 79.9.